The Labute approximate surface area is 121 Å². The third kappa shape index (κ3) is 2.69. The van der Waals surface area contributed by atoms with Crippen LogP contribution < -0.4 is 4.74 Å². The van der Waals surface area contributed by atoms with Crippen molar-refractivity contribution in [2.75, 3.05) is 0 Å². The molecule has 0 aliphatic heterocycles. The maximum Gasteiger partial charge on any atom is 0.169 e. The minimum absolute atomic E-state index is 0.0242. The number of benzene rings is 2. The van der Waals surface area contributed by atoms with E-state index in [4.69, 9.17) is 9.15 Å². The molecule has 4 heteroatoms. The van der Waals surface area contributed by atoms with Crippen molar-refractivity contribution < 1.29 is 19.4 Å². The molecule has 0 radical (unpaired) electrons. The highest BCUT2D eigenvalue weighted by Crippen LogP contribution is 2.37. The van der Waals surface area contributed by atoms with E-state index in [9.17, 15) is 10.2 Å². The van der Waals surface area contributed by atoms with Gasteiger partial charge in [-0.3, -0.25) is 0 Å². The van der Waals surface area contributed by atoms with E-state index >= 15 is 0 Å². The fraction of sp³-hybridized carbons (Fsp3) is 0.0588. The van der Waals surface area contributed by atoms with Gasteiger partial charge in [0.15, 0.2) is 23.0 Å². The summed E-state index contributed by atoms with van der Waals surface area (Å²) in [6.45, 7) is 1.87. The van der Waals surface area contributed by atoms with Crippen molar-refractivity contribution in [3.05, 3.63) is 60.4 Å². The summed E-state index contributed by atoms with van der Waals surface area (Å²) in [5.74, 6) is 1.23. The van der Waals surface area contributed by atoms with Gasteiger partial charge in [0, 0.05) is 5.56 Å². The molecule has 2 N–H and O–H groups in total. The summed E-state index contributed by atoms with van der Waals surface area (Å²) in [4.78, 5) is 0. The molecule has 0 aliphatic rings. The fourth-order valence-electron chi connectivity index (χ4n) is 2.03. The predicted molar refractivity (Wildman–Crippen MR) is 78.7 cm³/mol. The maximum atomic E-state index is 10.0. The number of rotatable bonds is 3. The molecule has 0 spiro atoms. The Morgan fingerprint density at radius 3 is 2.24 bits per heavy atom. The molecule has 0 aliphatic carbocycles. The Balaban J connectivity index is 1.89. The Hall–Kier alpha value is -2.88. The summed E-state index contributed by atoms with van der Waals surface area (Å²) in [7, 11) is 0. The molecule has 4 nitrogen and oxygen atoms in total. The van der Waals surface area contributed by atoms with Crippen LogP contribution in [0.3, 0.4) is 0 Å². The molecule has 0 unspecified atom stereocenters. The van der Waals surface area contributed by atoms with Gasteiger partial charge in [-0.2, -0.15) is 0 Å². The van der Waals surface area contributed by atoms with E-state index < -0.39 is 0 Å². The van der Waals surface area contributed by atoms with E-state index in [0.717, 1.165) is 11.1 Å². The van der Waals surface area contributed by atoms with E-state index in [2.05, 4.69) is 0 Å². The molecule has 0 atom stereocenters. The lowest BCUT2D eigenvalue weighted by atomic mass is 10.1. The number of phenolic OH excluding ortho intramolecular Hbond substituents is 2. The topological polar surface area (TPSA) is 62.8 Å². The van der Waals surface area contributed by atoms with E-state index in [1.165, 1.54) is 0 Å². The molecular formula is C17H14O4. The van der Waals surface area contributed by atoms with Gasteiger partial charge >= 0.3 is 0 Å². The quantitative estimate of drug-likeness (QED) is 0.744. The van der Waals surface area contributed by atoms with Gasteiger partial charge in [-0.15, -0.1) is 0 Å². The molecule has 0 amide bonds. The van der Waals surface area contributed by atoms with Crippen LogP contribution in [0.2, 0.25) is 0 Å². The first-order valence-corrected chi connectivity index (χ1v) is 6.48. The SMILES string of the molecule is Cc1ccc(Oc2ccc(-c3ccco3)cc2O)c(O)c1. The zero-order valence-electron chi connectivity index (χ0n) is 11.4. The van der Waals surface area contributed by atoms with Gasteiger partial charge in [-0.25, -0.2) is 0 Å². The largest absolute Gasteiger partial charge is 0.504 e. The monoisotopic (exact) mass is 282 g/mol. The molecule has 2 aromatic carbocycles. The minimum Gasteiger partial charge on any atom is -0.504 e. The van der Waals surface area contributed by atoms with Gasteiger partial charge in [-0.1, -0.05) is 6.07 Å². The molecule has 3 rings (SSSR count). The van der Waals surface area contributed by atoms with Crippen molar-refractivity contribution in [2.45, 2.75) is 6.92 Å². The second-order valence-electron chi connectivity index (χ2n) is 4.73. The molecular weight excluding hydrogens is 268 g/mol. The summed E-state index contributed by atoms with van der Waals surface area (Å²) in [5, 5.41) is 19.9. The molecule has 0 saturated carbocycles. The third-order valence-corrected chi connectivity index (χ3v) is 3.10. The first-order chi connectivity index (χ1) is 10.1. The molecule has 1 aromatic heterocycles. The average molecular weight is 282 g/mol. The predicted octanol–water partition coefficient (Wildman–Crippen LogP) is 4.46. The lowest BCUT2D eigenvalue weighted by molar-refractivity contribution is 0.385. The average Bonchev–Trinajstić information content (AvgIpc) is 2.98. The summed E-state index contributed by atoms with van der Waals surface area (Å²) in [6.07, 6.45) is 1.57. The van der Waals surface area contributed by atoms with Crippen LogP contribution in [0.5, 0.6) is 23.0 Å². The zero-order valence-corrected chi connectivity index (χ0v) is 11.4. The first kappa shape index (κ1) is 13.1. The highest BCUT2D eigenvalue weighted by atomic mass is 16.5. The van der Waals surface area contributed by atoms with Crippen molar-refractivity contribution in [1.29, 1.82) is 0 Å². The van der Waals surface area contributed by atoms with E-state index in [-0.39, 0.29) is 17.2 Å². The summed E-state index contributed by atoms with van der Waals surface area (Å²) in [6, 6.07) is 13.6. The van der Waals surface area contributed by atoms with Crippen molar-refractivity contribution >= 4 is 0 Å². The zero-order chi connectivity index (χ0) is 14.8. The van der Waals surface area contributed by atoms with Crippen LogP contribution in [0.1, 0.15) is 5.56 Å². The lowest BCUT2D eigenvalue weighted by Crippen LogP contribution is -1.87. The van der Waals surface area contributed by atoms with Crippen LogP contribution in [0, 0.1) is 6.92 Å². The van der Waals surface area contributed by atoms with Crippen LogP contribution in [0.25, 0.3) is 11.3 Å². The van der Waals surface area contributed by atoms with Gasteiger partial charge in [0.2, 0.25) is 0 Å². The Morgan fingerprint density at radius 2 is 1.62 bits per heavy atom. The van der Waals surface area contributed by atoms with Crippen molar-refractivity contribution in [3.63, 3.8) is 0 Å². The van der Waals surface area contributed by atoms with Crippen LogP contribution in [-0.4, -0.2) is 10.2 Å². The van der Waals surface area contributed by atoms with Gasteiger partial charge < -0.3 is 19.4 Å². The highest BCUT2D eigenvalue weighted by molar-refractivity contribution is 5.62. The summed E-state index contributed by atoms with van der Waals surface area (Å²) >= 11 is 0. The van der Waals surface area contributed by atoms with Crippen molar-refractivity contribution in [2.24, 2.45) is 0 Å². The Morgan fingerprint density at radius 1 is 0.905 bits per heavy atom. The number of aromatic hydroxyl groups is 2. The van der Waals surface area contributed by atoms with Gasteiger partial charge in [0.1, 0.15) is 5.76 Å². The van der Waals surface area contributed by atoms with Crippen LogP contribution >= 0.6 is 0 Å². The third-order valence-electron chi connectivity index (χ3n) is 3.10. The molecule has 106 valence electrons. The van der Waals surface area contributed by atoms with Gasteiger partial charge in [0.05, 0.1) is 6.26 Å². The molecule has 0 saturated heterocycles. The van der Waals surface area contributed by atoms with Gasteiger partial charge in [0.25, 0.3) is 0 Å². The van der Waals surface area contributed by atoms with E-state index in [1.807, 2.05) is 13.0 Å². The summed E-state index contributed by atoms with van der Waals surface area (Å²) in [5.41, 5.74) is 1.68. The molecule has 1 heterocycles. The minimum atomic E-state index is -0.0242. The van der Waals surface area contributed by atoms with Crippen molar-refractivity contribution in [3.8, 4) is 34.3 Å². The number of ether oxygens (including phenoxy) is 1. The Bertz CT molecular complexity index is 760. The number of hydrogen-bond acceptors (Lipinski definition) is 4. The van der Waals surface area contributed by atoms with E-state index in [1.54, 1.807) is 48.7 Å². The van der Waals surface area contributed by atoms with Crippen LogP contribution in [0.4, 0.5) is 0 Å². The second-order valence-corrected chi connectivity index (χ2v) is 4.73. The van der Waals surface area contributed by atoms with E-state index in [0.29, 0.717) is 11.5 Å². The lowest BCUT2D eigenvalue weighted by Gasteiger charge is -2.10. The van der Waals surface area contributed by atoms with Gasteiger partial charge in [-0.05, 0) is 55.0 Å². The van der Waals surface area contributed by atoms with Crippen LogP contribution in [0.15, 0.2) is 59.2 Å². The fourth-order valence-corrected chi connectivity index (χ4v) is 2.03. The number of aryl methyl sites for hydroxylation is 1. The smallest absolute Gasteiger partial charge is 0.169 e. The highest BCUT2D eigenvalue weighted by Gasteiger charge is 2.10. The number of phenols is 2. The number of furan rings is 1. The first-order valence-electron chi connectivity index (χ1n) is 6.48. The molecule has 0 fully saturated rings. The second kappa shape index (κ2) is 5.25. The maximum absolute atomic E-state index is 10.0. The molecule has 21 heavy (non-hydrogen) atoms. The normalized spacial score (nSPS) is 10.5. The summed E-state index contributed by atoms with van der Waals surface area (Å²) < 4.78 is 10.8. The van der Waals surface area contributed by atoms with Crippen molar-refractivity contribution in [1.82, 2.24) is 0 Å². The molecule has 3 aromatic rings. The van der Waals surface area contributed by atoms with Crippen LogP contribution in [-0.2, 0) is 0 Å². The molecule has 0 bridgehead atoms. The Kier molecular flexibility index (Phi) is 3.28. The number of hydrogen-bond donors (Lipinski definition) is 2. The standard InChI is InChI=1S/C17H14O4/c1-11-4-6-16(13(18)9-11)21-17-7-5-12(10-14(17)19)15-3-2-8-20-15/h2-10,18-19H,1H3.